The molecule has 3 nitrogen and oxygen atoms in total. The molecule has 0 aromatic heterocycles. The Hall–Kier alpha value is -0.730. The summed E-state index contributed by atoms with van der Waals surface area (Å²) in [6.45, 7) is 4.11. The maximum absolute atomic E-state index is 11.5. The van der Waals surface area contributed by atoms with E-state index in [1.807, 2.05) is 19.0 Å². The van der Waals surface area contributed by atoms with E-state index in [2.05, 4.69) is 6.92 Å². The fourth-order valence-electron chi connectivity index (χ4n) is 1.93. The Labute approximate surface area is 80.7 Å². The largest absolute Gasteiger partial charge is 0.331 e. The van der Waals surface area contributed by atoms with E-state index in [1.165, 1.54) is 19.3 Å². The number of urea groups is 1. The normalized spacial score (nSPS) is 22.1. The minimum Gasteiger partial charge on any atom is -0.331 e. The molecule has 0 spiro atoms. The van der Waals surface area contributed by atoms with Crippen LogP contribution in [0.5, 0.6) is 0 Å². The van der Waals surface area contributed by atoms with Crippen LogP contribution in [-0.2, 0) is 0 Å². The summed E-state index contributed by atoms with van der Waals surface area (Å²) in [5.74, 6) is 0.744. The molecular weight excluding hydrogens is 164 g/mol. The number of hydrogen-bond donors (Lipinski definition) is 0. The summed E-state index contributed by atoms with van der Waals surface area (Å²) in [5, 5.41) is 0. The Balaban J connectivity index is 2.36. The monoisotopic (exact) mass is 184 g/mol. The quantitative estimate of drug-likeness (QED) is 0.642. The number of carbonyl (C=O) groups is 1. The molecule has 1 aliphatic heterocycles. The molecule has 76 valence electrons. The average molecular weight is 184 g/mol. The second-order valence-electron chi connectivity index (χ2n) is 4.07. The highest BCUT2D eigenvalue weighted by Gasteiger charge is 2.26. The number of carbonyl (C=O) groups excluding carboxylic acids is 1. The van der Waals surface area contributed by atoms with Crippen molar-refractivity contribution in [1.82, 2.24) is 9.80 Å². The zero-order valence-electron chi connectivity index (χ0n) is 8.92. The van der Waals surface area contributed by atoms with Crippen LogP contribution in [0.3, 0.4) is 0 Å². The molecule has 1 fully saturated rings. The summed E-state index contributed by atoms with van der Waals surface area (Å²) < 4.78 is 0. The van der Waals surface area contributed by atoms with Crippen molar-refractivity contribution in [3.8, 4) is 0 Å². The van der Waals surface area contributed by atoms with E-state index in [4.69, 9.17) is 0 Å². The van der Waals surface area contributed by atoms with Crippen molar-refractivity contribution in [2.24, 2.45) is 5.92 Å². The van der Waals surface area contributed by atoms with Gasteiger partial charge in [0.25, 0.3) is 0 Å². The zero-order chi connectivity index (χ0) is 9.84. The van der Waals surface area contributed by atoms with Crippen LogP contribution in [0.2, 0.25) is 0 Å². The third-order valence-electron chi connectivity index (χ3n) is 2.64. The molecule has 0 radical (unpaired) electrons. The third-order valence-corrected chi connectivity index (χ3v) is 2.64. The molecule has 0 aliphatic carbocycles. The minimum atomic E-state index is 0.165. The number of nitrogens with zero attached hydrogens (tertiary/aromatic N) is 2. The summed E-state index contributed by atoms with van der Waals surface area (Å²) in [6, 6.07) is 0.165. The first-order chi connectivity index (χ1) is 6.15. The molecule has 0 bridgehead atoms. The molecule has 0 aromatic carbocycles. The highest BCUT2D eigenvalue weighted by atomic mass is 16.2. The van der Waals surface area contributed by atoms with Gasteiger partial charge in [-0.3, -0.25) is 0 Å². The Morgan fingerprint density at radius 1 is 1.54 bits per heavy atom. The molecule has 0 N–H and O–H groups in total. The fourth-order valence-corrected chi connectivity index (χ4v) is 1.93. The van der Waals surface area contributed by atoms with E-state index in [0.717, 1.165) is 19.0 Å². The average Bonchev–Trinajstić information content (AvgIpc) is 2.52. The molecule has 1 heterocycles. The number of likely N-dealkylation sites (tertiary alicyclic amines) is 1. The van der Waals surface area contributed by atoms with E-state index in [9.17, 15) is 4.79 Å². The molecule has 1 saturated heterocycles. The van der Waals surface area contributed by atoms with Gasteiger partial charge in [-0.05, 0) is 18.8 Å². The first-order valence-corrected chi connectivity index (χ1v) is 5.11. The van der Waals surface area contributed by atoms with E-state index >= 15 is 0 Å². The van der Waals surface area contributed by atoms with E-state index < -0.39 is 0 Å². The minimum absolute atomic E-state index is 0.165. The van der Waals surface area contributed by atoms with Crippen molar-refractivity contribution in [3.05, 3.63) is 0 Å². The van der Waals surface area contributed by atoms with E-state index in [1.54, 1.807) is 4.90 Å². The van der Waals surface area contributed by atoms with Crippen LogP contribution in [-0.4, -0.2) is 43.0 Å². The summed E-state index contributed by atoms with van der Waals surface area (Å²) >= 11 is 0. The number of amides is 2. The van der Waals surface area contributed by atoms with Gasteiger partial charge in [-0.2, -0.15) is 0 Å². The van der Waals surface area contributed by atoms with Crippen LogP contribution in [0.15, 0.2) is 0 Å². The van der Waals surface area contributed by atoms with Gasteiger partial charge in [-0.15, -0.1) is 0 Å². The van der Waals surface area contributed by atoms with Crippen LogP contribution in [0.25, 0.3) is 0 Å². The van der Waals surface area contributed by atoms with Gasteiger partial charge >= 0.3 is 6.03 Å². The topological polar surface area (TPSA) is 23.6 Å². The molecule has 2 amide bonds. The lowest BCUT2D eigenvalue weighted by atomic mass is 10.0. The number of rotatable bonds is 2. The summed E-state index contributed by atoms with van der Waals surface area (Å²) in [4.78, 5) is 15.2. The summed E-state index contributed by atoms with van der Waals surface area (Å²) in [7, 11) is 3.63. The van der Waals surface area contributed by atoms with Crippen molar-refractivity contribution < 1.29 is 4.79 Å². The Kier molecular flexibility index (Phi) is 3.58. The molecule has 0 unspecified atom stereocenters. The zero-order valence-corrected chi connectivity index (χ0v) is 8.92. The molecule has 0 saturated carbocycles. The predicted octanol–water partition coefficient (Wildman–Crippen LogP) is 1.79. The maximum atomic E-state index is 11.5. The standard InChI is InChI=1S/C10H20N2O/c1-4-5-9-6-7-12(8-9)10(13)11(2)3/h9H,4-8H2,1-3H3/t9-/m1/s1. The van der Waals surface area contributed by atoms with Gasteiger partial charge in [0.2, 0.25) is 0 Å². The molecule has 1 aliphatic rings. The summed E-state index contributed by atoms with van der Waals surface area (Å²) in [6.07, 6.45) is 3.68. The van der Waals surface area contributed by atoms with Gasteiger partial charge in [-0.1, -0.05) is 13.3 Å². The number of hydrogen-bond acceptors (Lipinski definition) is 1. The van der Waals surface area contributed by atoms with Crippen LogP contribution >= 0.6 is 0 Å². The van der Waals surface area contributed by atoms with Crippen molar-refractivity contribution in [1.29, 1.82) is 0 Å². The molecule has 1 rings (SSSR count). The first kappa shape index (κ1) is 10.4. The Morgan fingerprint density at radius 2 is 2.23 bits per heavy atom. The van der Waals surface area contributed by atoms with Gasteiger partial charge in [0, 0.05) is 27.2 Å². The lowest BCUT2D eigenvalue weighted by molar-refractivity contribution is 0.180. The third kappa shape index (κ3) is 2.61. The van der Waals surface area contributed by atoms with Crippen LogP contribution in [0, 0.1) is 5.92 Å². The van der Waals surface area contributed by atoms with Gasteiger partial charge in [0.05, 0.1) is 0 Å². The second kappa shape index (κ2) is 4.49. The molecule has 0 aromatic rings. The Morgan fingerprint density at radius 3 is 2.77 bits per heavy atom. The van der Waals surface area contributed by atoms with E-state index in [-0.39, 0.29) is 6.03 Å². The van der Waals surface area contributed by atoms with Crippen LogP contribution < -0.4 is 0 Å². The highest BCUT2D eigenvalue weighted by Crippen LogP contribution is 2.21. The van der Waals surface area contributed by atoms with Gasteiger partial charge in [-0.25, -0.2) is 4.79 Å². The highest BCUT2D eigenvalue weighted by molar-refractivity contribution is 5.74. The van der Waals surface area contributed by atoms with Gasteiger partial charge in [0.15, 0.2) is 0 Å². The van der Waals surface area contributed by atoms with Crippen LogP contribution in [0.4, 0.5) is 4.79 Å². The SMILES string of the molecule is CCC[C@@H]1CCN(C(=O)N(C)C)C1. The van der Waals surface area contributed by atoms with E-state index in [0.29, 0.717) is 0 Å². The van der Waals surface area contributed by atoms with Gasteiger partial charge in [0.1, 0.15) is 0 Å². The van der Waals surface area contributed by atoms with Crippen molar-refractivity contribution in [3.63, 3.8) is 0 Å². The predicted molar refractivity (Wildman–Crippen MR) is 53.7 cm³/mol. The smallest absolute Gasteiger partial charge is 0.319 e. The van der Waals surface area contributed by atoms with Crippen LogP contribution in [0.1, 0.15) is 26.2 Å². The lowest BCUT2D eigenvalue weighted by Crippen LogP contribution is -2.37. The maximum Gasteiger partial charge on any atom is 0.319 e. The molecular formula is C10H20N2O. The van der Waals surface area contributed by atoms with Gasteiger partial charge < -0.3 is 9.80 Å². The lowest BCUT2D eigenvalue weighted by Gasteiger charge is -2.21. The Bertz CT molecular complexity index is 180. The summed E-state index contributed by atoms with van der Waals surface area (Å²) in [5.41, 5.74) is 0. The van der Waals surface area contributed by atoms with Crippen molar-refractivity contribution in [2.75, 3.05) is 27.2 Å². The second-order valence-corrected chi connectivity index (χ2v) is 4.07. The first-order valence-electron chi connectivity index (χ1n) is 5.11. The van der Waals surface area contributed by atoms with Crippen molar-refractivity contribution >= 4 is 6.03 Å². The van der Waals surface area contributed by atoms with Crippen molar-refractivity contribution in [2.45, 2.75) is 26.2 Å². The molecule has 1 atom stereocenters. The fraction of sp³-hybridized carbons (Fsp3) is 0.900. The molecule has 3 heteroatoms. The molecule has 13 heavy (non-hydrogen) atoms.